The van der Waals surface area contributed by atoms with Gasteiger partial charge < -0.3 is 10.0 Å². The highest BCUT2D eigenvalue weighted by Crippen LogP contribution is 2.38. The standard InChI is InChI=1S/C16H19NO3/c1-10-4-5-11-3-2-8-17(14(11)9-10)15(18)12-6-7-13(12)16(19)20/h4-5,9,12-13H,2-3,6-8H2,1H3,(H,19,20). The van der Waals surface area contributed by atoms with Gasteiger partial charge >= 0.3 is 5.97 Å². The second kappa shape index (κ2) is 4.93. The van der Waals surface area contributed by atoms with Crippen LogP contribution in [-0.4, -0.2) is 23.5 Å². The second-order valence-corrected chi connectivity index (χ2v) is 5.85. The smallest absolute Gasteiger partial charge is 0.307 e. The molecule has 0 radical (unpaired) electrons. The number of aliphatic carboxylic acids is 1. The first-order valence-electron chi connectivity index (χ1n) is 7.21. The van der Waals surface area contributed by atoms with E-state index >= 15 is 0 Å². The maximum absolute atomic E-state index is 12.6. The zero-order valence-corrected chi connectivity index (χ0v) is 11.6. The molecule has 1 heterocycles. The molecule has 20 heavy (non-hydrogen) atoms. The number of amides is 1. The van der Waals surface area contributed by atoms with Gasteiger partial charge in [-0.05, 0) is 49.8 Å². The van der Waals surface area contributed by atoms with Crippen molar-refractivity contribution in [3.63, 3.8) is 0 Å². The third-order valence-corrected chi connectivity index (χ3v) is 4.53. The fourth-order valence-electron chi connectivity index (χ4n) is 3.20. The molecule has 1 aliphatic heterocycles. The summed E-state index contributed by atoms with van der Waals surface area (Å²) in [7, 11) is 0. The Labute approximate surface area is 118 Å². The summed E-state index contributed by atoms with van der Waals surface area (Å²) in [6, 6.07) is 6.19. The van der Waals surface area contributed by atoms with Gasteiger partial charge in [0.05, 0.1) is 11.8 Å². The number of benzene rings is 1. The summed E-state index contributed by atoms with van der Waals surface area (Å²) in [5.74, 6) is -1.66. The molecule has 2 aliphatic rings. The summed E-state index contributed by atoms with van der Waals surface area (Å²) < 4.78 is 0. The number of carboxylic acid groups (broad SMARTS) is 1. The van der Waals surface area contributed by atoms with Crippen molar-refractivity contribution >= 4 is 17.6 Å². The maximum Gasteiger partial charge on any atom is 0.307 e. The zero-order chi connectivity index (χ0) is 14.3. The van der Waals surface area contributed by atoms with E-state index < -0.39 is 11.9 Å². The van der Waals surface area contributed by atoms with Gasteiger partial charge in [0, 0.05) is 12.2 Å². The Morgan fingerprint density at radius 2 is 2.00 bits per heavy atom. The van der Waals surface area contributed by atoms with Crippen LogP contribution in [0.1, 0.15) is 30.4 Å². The number of carbonyl (C=O) groups excluding carboxylic acids is 1. The van der Waals surface area contributed by atoms with Crippen LogP contribution in [0.3, 0.4) is 0 Å². The third kappa shape index (κ3) is 2.09. The quantitative estimate of drug-likeness (QED) is 0.900. The molecule has 0 bridgehead atoms. The van der Waals surface area contributed by atoms with E-state index in [2.05, 4.69) is 12.1 Å². The first-order valence-corrected chi connectivity index (χ1v) is 7.21. The van der Waals surface area contributed by atoms with Crippen LogP contribution in [0.25, 0.3) is 0 Å². The number of anilines is 1. The minimum Gasteiger partial charge on any atom is -0.481 e. The summed E-state index contributed by atoms with van der Waals surface area (Å²) in [6.07, 6.45) is 3.27. The van der Waals surface area contributed by atoms with Crippen molar-refractivity contribution in [1.82, 2.24) is 0 Å². The number of nitrogens with zero attached hydrogens (tertiary/aromatic N) is 1. The lowest BCUT2D eigenvalue weighted by molar-refractivity contribution is -0.152. The molecule has 3 rings (SSSR count). The van der Waals surface area contributed by atoms with Gasteiger partial charge in [0.15, 0.2) is 0 Å². The van der Waals surface area contributed by atoms with Gasteiger partial charge in [-0.2, -0.15) is 0 Å². The highest BCUT2D eigenvalue weighted by Gasteiger charge is 2.43. The molecule has 4 nitrogen and oxygen atoms in total. The molecule has 0 aromatic heterocycles. The van der Waals surface area contributed by atoms with Crippen molar-refractivity contribution in [1.29, 1.82) is 0 Å². The molecule has 1 saturated carbocycles. The number of fused-ring (bicyclic) bond motifs is 1. The van der Waals surface area contributed by atoms with Gasteiger partial charge in [-0.1, -0.05) is 12.1 Å². The van der Waals surface area contributed by atoms with E-state index in [1.807, 2.05) is 17.9 Å². The molecule has 1 aromatic carbocycles. The predicted octanol–water partition coefficient (Wildman–Crippen LogP) is 2.39. The van der Waals surface area contributed by atoms with E-state index in [1.165, 1.54) is 5.56 Å². The highest BCUT2D eigenvalue weighted by atomic mass is 16.4. The number of hydrogen-bond acceptors (Lipinski definition) is 2. The molecule has 0 saturated heterocycles. The Morgan fingerprint density at radius 3 is 2.65 bits per heavy atom. The van der Waals surface area contributed by atoms with Crippen LogP contribution in [0.5, 0.6) is 0 Å². The summed E-state index contributed by atoms with van der Waals surface area (Å²) in [6.45, 7) is 2.72. The van der Waals surface area contributed by atoms with Gasteiger partial charge in [0.25, 0.3) is 0 Å². The van der Waals surface area contributed by atoms with Gasteiger partial charge in [0.2, 0.25) is 5.91 Å². The molecule has 2 atom stereocenters. The fourth-order valence-corrected chi connectivity index (χ4v) is 3.20. The van der Waals surface area contributed by atoms with Crippen molar-refractivity contribution in [2.45, 2.75) is 32.6 Å². The molecular weight excluding hydrogens is 254 g/mol. The third-order valence-electron chi connectivity index (χ3n) is 4.53. The normalized spacial score (nSPS) is 24.8. The number of aryl methyl sites for hydroxylation is 2. The number of carbonyl (C=O) groups is 2. The predicted molar refractivity (Wildman–Crippen MR) is 75.7 cm³/mol. The first-order chi connectivity index (χ1) is 9.58. The maximum atomic E-state index is 12.6. The van der Waals surface area contributed by atoms with Crippen LogP contribution >= 0.6 is 0 Å². The summed E-state index contributed by atoms with van der Waals surface area (Å²) in [4.78, 5) is 25.6. The van der Waals surface area contributed by atoms with Crippen LogP contribution in [0, 0.1) is 18.8 Å². The molecular formula is C16H19NO3. The minimum absolute atomic E-state index is 0.00444. The van der Waals surface area contributed by atoms with Gasteiger partial charge in [-0.15, -0.1) is 0 Å². The van der Waals surface area contributed by atoms with E-state index in [0.717, 1.165) is 24.1 Å². The van der Waals surface area contributed by atoms with Crippen molar-refractivity contribution in [2.24, 2.45) is 11.8 Å². The number of rotatable bonds is 2. The van der Waals surface area contributed by atoms with Crippen LogP contribution in [0.2, 0.25) is 0 Å². The molecule has 1 aliphatic carbocycles. The second-order valence-electron chi connectivity index (χ2n) is 5.85. The fraction of sp³-hybridized carbons (Fsp3) is 0.500. The van der Waals surface area contributed by atoms with E-state index in [-0.39, 0.29) is 11.8 Å². The Bertz CT molecular complexity index is 567. The largest absolute Gasteiger partial charge is 0.481 e. The van der Waals surface area contributed by atoms with Crippen LogP contribution in [-0.2, 0) is 16.0 Å². The summed E-state index contributed by atoms with van der Waals surface area (Å²) in [5.41, 5.74) is 3.31. The van der Waals surface area contributed by atoms with E-state index in [0.29, 0.717) is 19.4 Å². The van der Waals surface area contributed by atoms with Crippen molar-refractivity contribution in [3.05, 3.63) is 29.3 Å². The average Bonchev–Trinajstić information content (AvgIpc) is 2.35. The number of carboxylic acids is 1. The minimum atomic E-state index is -0.837. The molecule has 4 heteroatoms. The van der Waals surface area contributed by atoms with E-state index in [1.54, 1.807) is 0 Å². The monoisotopic (exact) mass is 273 g/mol. The van der Waals surface area contributed by atoms with Gasteiger partial charge in [-0.25, -0.2) is 0 Å². The molecule has 1 amide bonds. The Hall–Kier alpha value is -1.84. The Balaban J connectivity index is 1.87. The lowest BCUT2D eigenvalue weighted by atomic mass is 9.72. The van der Waals surface area contributed by atoms with Crippen LogP contribution in [0.4, 0.5) is 5.69 Å². The van der Waals surface area contributed by atoms with E-state index in [4.69, 9.17) is 5.11 Å². The summed E-state index contributed by atoms with van der Waals surface area (Å²) in [5, 5.41) is 9.12. The summed E-state index contributed by atoms with van der Waals surface area (Å²) >= 11 is 0. The van der Waals surface area contributed by atoms with Gasteiger partial charge in [-0.3, -0.25) is 9.59 Å². The van der Waals surface area contributed by atoms with Crippen LogP contribution in [0.15, 0.2) is 18.2 Å². The van der Waals surface area contributed by atoms with E-state index in [9.17, 15) is 9.59 Å². The molecule has 0 spiro atoms. The SMILES string of the molecule is Cc1ccc2c(c1)N(C(=O)C1CCC1C(=O)O)CCC2. The lowest BCUT2D eigenvalue weighted by Gasteiger charge is -2.38. The lowest BCUT2D eigenvalue weighted by Crippen LogP contribution is -2.47. The molecule has 1 N–H and O–H groups in total. The van der Waals surface area contributed by atoms with Crippen molar-refractivity contribution < 1.29 is 14.7 Å². The topological polar surface area (TPSA) is 57.6 Å². The Kier molecular flexibility index (Phi) is 3.24. The first kappa shape index (κ1) is 13.2. The molecule has 2 unspecified atom stereocenters. The molecule has 1 aromatic rings. The van der Waals surface area contributed by atoms with Crippen molar-refractivity contribution in [2.75, 3.05) is 11.4 Å². The van der Waals surface area contributed by atoms with Crippen molar-refractivity contribution in [3.8, 4) is 0 Å². The van der Waals surface area contributed by atoms with Crippen LogP contribution < -0.4 is 4.90 Å². The molecule has 106 valence electrons. The average molecular weight is 273 g/mol. The Morgan fingerprint density at radius 1 is 1.25 bits per heavy atom. The number of hydrogen-bond donors (Lipinski definition) is 1. The zero-order valence-electron chi connectivity index (χ0n) is 11.6. The molecule has 1 fully saturated rings. The highest BCUT2D eigenvalue weighted by molar-refractivity contribution is 5.99. The van der Waals surface area contributed by atoms with Gasteiger partial charge in [0.1, 0.15) is 0 Å².